The molecule has 0 spiro atoms. The molecule has 5 nitrogen and oxygen atoms in total. The van der Waals surface area contributed by atoms with Gasteiger partial charge < -0.3 is 10.2 Å². The fourth-order valence-electron chi connectivity index (χ4n) is 6.81. The minimum absolute atomic E-state index is 0.0970. The average Bonchev–Trinajstić information content (AvgIpc) is 3.17. The Balaban J connectivity index is 1.31. The highest BCUT2D eigenvalue weighted by atomic mass is 16.2. The number of nitrogens with one attached hydrogen (secondary N) is 1. The van der Waals surface area contributed by atoms with Crippen LogP contribution in [-0.2, 0) is 9.59 Å². The Bertz CT molecular complexity index is 803. The van der Waals surface area contributed by atoms with E-state index in [4.69, 9.17) is 5.26 Å². The lowest BCUT2D eigenvalue weighted by Crippen LogP contribution is -2.56. The van der Waals surface area contributed by atoms with Crippen LogP contribution in [0.4, 0.5) is 5.69 Å². The van der Waals surface area contributed by atoms with E-state index in [1.54, 1.807) is 24.3 Å². The minimum Gasteiger partial charge on any atom is -0.330 e. The number of carbonyl (C=O) groups excluding carboxylic acids is 2. The normalized spacial score (nSPS) is 35.6. The van der Waals surface area contributed by atoms with Crippen molar-refractivity contribution >= 4 is 17.5 Å². The van der Waals surface area contributed by atoms with E-state index in [2.05, 4.69) is 11.4 Å². The van der Waals surface area contributed by atoms with E-state index >= 15 is 0 Å². The van der Waals surface area contributed by atoms with Crippen molar-refractivity contribution in [3.8, 4) is 6.07 Å². The first-order valence-electron chi connectivity index (χ1n) is 10.7. The van der Waals surface area contributed by atoms with E-state index in [1.165, 1.54) is 19.3 Å². The highest BCUT2D eigenvalue weighted by Crippen LogP contribution is 2.60. The molecule has 1 saturated heterocycles. The summed E-state index contributed by atoms with van der Waals surface area (Å²) in [5.74, 6) is 2.33. The monoisotopic (exact) mass is 377 g/mol. The van der Waals surface area contributed by atoms with Crippen molar-refractivity contribution in [2.24, 2.45) is 23.2 Å². The van der Waals surface area contributed by atoms with Gasteiger partial charge in [0.1, 0.15) is 6.04 Å². The molecule has 1 unspecified atom stereocenters. The Labute approximate surface area is 166 Å². The van der Waals surface area contributed by atoms with E-state index in [9.17, 15) is 9.59 Å². The molecule has 1 aromatic rings. The fraction of sp³-hybridized carbons (Fsp3) is 0.609. The van der Waals surface area contributed by atoms with Crippen LogP contribution in [0, 0.1) is 34.5 Å². The van der Waals surface area contributed by atoms with Gasteiger partial charge in [-0.25, -0.2) is 0 Å². The Hall–Kier alpha value is -2.35. The number of nitrogens with zero attached hydrogens (tertiary/aromatic N) is 2. The molecule has 5 heteroatoms. The van der Waals surface area contributed by atoms with Gasteiger partial charge in [0.25, 0.3) is 0 Å². The SMILES string of the molecule is N#Cc1ccc(NC(=O)C2CCCN2C(=O)C23CC4CC(CC(C4)C2)C3)cc1. The number of amides is 2. The number of anilines is 1. The van der Waals surface area contributed by atoms with Crippen LogP contribution < -0.4 is 5.32 Å². The molecule has 5 fully saturated rings. The highest BCUT2D eigenvalue weighted by molar-refractivity contribution is 5.98. The Morgan fingerprint density at radius 3 is 2.21 bits per heavy atom. The molecule has 2 amide bonds. The molecule has 0 radical (unpaired) electrons. The van der Waals surface area contributed by atoms with Crippen LogP contribution in [0.2, 0.25) is 0 Å². The zero-order valence-corrected chi connectivity index (χ0v) is 16.2. The molecule has 146 valence electrons. The second-order valence-corrected chi connectivity index (χ2v) is 9.53. The smallest absolute Gasteiger partial charge is 0.247 e. The molecular weight excluding hydrogens is 350 g/mol. The van der Waals surface area contributed by atoms with Crippen LogP contribution in [0.5, 0.6) is 0 Å². The first-order chi connectivity index (χ1) is 13.6. The van der Waals surface area contributed by atoms with Gasteiger partial charge in [-0.2, -0.15) is 5.26 Å². The predicted molar refractivity (Wildman–Crippen MR) is 105 cm³/mol. The molecule has 5 aliphatic rings. The third-order valence-electron chi connectivity index (χ3n) is 7.59. The van der Waals surface area contributed by atoms with Gasteiger partial charge >= 0.3 is 0 Å². The molecule has 1 atom stereocenters. The van der Waals surface area contributed by atoms with Crippen molar-refractivity contribution in [1.82, 2.24) is 4.90 Å². The zero-order chi connectivity index (χ0) is 19.3. The molecule has 28 heavy (non-hydrogen) atoms. The first kappa shape index (κ1) is 17.7. The highest BCUT2D eigenvalue weighted by Gasteiger charge is 2.56. The zero-order valence-electron chi connectivity index (χ0n) is 16.2. The Kier molecular flexibility index (Phi) is 4.19. The lowest BCUT2D eigenvalue weighted by Gasteiger charge is -2.56. The summed E-state index contributed by atoms with van der Waals surface area (Å²) in [6.45, 7) is 0.700. The number of rotatable bonds is 3. The first-order valence-corrected chi connectivity index (χ1v) is 10.7. The number of nitriles is 1. The molecule has 4 aliphatic carbocycles. The van der Waals surface area contributed by atoms with Gasteiger partial charge in [-0.3, -0.25) is 9.59 Å². The number of carbonyl (C=O) groups is 2. The maximum Gasteiger partial charge on any atom is 0.247 e. The quantitative estimate of drug-likeness (QED) is 0.873. The van der Waals surface area contributed by atoms with Gasteiger partial charge in [0.2, 0.25) is 11.8 Å². The van der Waals surface area contributed by atoms with Gasteiger partial charge in [-0.05, 0) is 93.4 Å². The molecular formula is C23H27N3O2. The summed E-state index contributed by atoms with van der Waals surface area (Å²) in [5, 5.41) is 11.9. The minimum atomic E-state index is -0.365. The number of hydrogen-bond donors (Lipinski definition) is 1. The summed E-state index contributed by atoms with van der Waals surface area (Å²) in [4.78, 5) is 28.5. The molecule has 6 rings (SSSR count). The molecule has 4 bridgehead atoms. The molecule has 1 heterocycles. The van der Waals surface area contributed by atoms with Crippen molar-refractivity contribution in [2.45, 2.75) is 57.4 Å². The fourth-order valence-corrected chi connectivity index (χ4v) is 6.81. The largest absolute Gasteiger partial charge is 0.330 e. The summed E-state index contributed by atoms with van der Waals surface area (Å²) >= 11 is 0. The van der Waals surface area contributed by atoms with Crippen LogP contribution in [0.15, 0.2) is 24.3 Å². The lowest BCUT2D eigenvalue weighted by atomic mass is 9.49. The van der Waals surface area contributed by atoms with E-state index in [0.717, 1.165) is 49.9 Å². The van der Waals surface area contributed by atoms with Crippen molar-refractivity contribution in [3.05, 3.63) is 29.8 Å². The van der Waals surface area contributed by atoms with E-state index in [1.807, 2.05) is 4.90 Å². The van der Waals surface area contributed by atoms with Crippen LogP contribution in [0.25, 0.3) is 0 Å². The number of benzene rings is 1. The maximum absolute atomic E-state index is 13.7. The molecule has 4 saturated carbocycles. The van der Waals surface area contributed by atoms with Gasteiger partial charge in [0.15, 0.2) is 0 Å². The molecule has 0 aromatic heterocycles. The summed E-state index contributed by atoms with van der Waals surface area (Å²) in [7, 11) is 0. The predicted octanol–water partition coefficient (Wildman–Crippen LogP) is 3.70. The molecule has 1 aliphatic heterocycles. The van der Waals surface area contributed by atoms with Crippen LogP contribution >= 0.6 is 0 Å². The maximum atomic E-state index is 13.7. The van der Waals surface area contributed by atoms with Crippen molar-refractivity contribution in [2.75, 3.05) is 11.9 Å². The van der Waals surface area contributed by atoms with E-state index < -0.39 is 0 Å². The second kappa shape index (κ2) is 6.62. The Morgan fingerprint density at radius 1 is 1.04 bits per heavy atom. The van der Waals surface area contributed by atoms with Gasteiger partial charge in [-0.15, -0.1) is 0 Å². The summed E-state index contributed by atoms with van der Waals surface area (Å²) < 4.78 is 0. The van der Waals surface area contributed by atoms with Crippen molar-refractivity contribution in [1.29, 1.82) is 5.26 Å². The third kappa shape index (κ3) is 2.90. The van der Waals surface area contributed by atoms with E-state index in [0.29, 0.717) is 17.8 Å². The van der Waals surface area contributed by atoms with Crippen LogP contribution in [-0.4, -0.2) is 29.3 Å². The second-order valence-electron chi connectivity index (χ2n) is 9.53. The van der Waals surface area contributed by atoms with Crippen LogP contribution in [0.3, 0.4) is 0 Å². The summed E-state index contributed by atoms with van der Waals surface area (Å²) in [6, 6.07) is 8.60. The van der Waals surface area contributed by atoms with E-state index in [-0.39, 0.29) is 23.3 Å². The molecule has 1 aromatic carbocycles. The van der Waals surface area contributed by atoms with Gasteiger partial charge in [-0.1, -0.05) is 0 Å². The molecule has 1 N–H and O–H groups in total. The summed E-state index contributed by atoms with van der Waals surface area (Å²) in [6.07, 6.45) is 8.69. The van der Waals surface area contributed by atoms with Crippen LogP contribution in [0.1, 0.15) is 56.9 Å². The van der Waals surface area contributed by atoms with Crippen molar-refractivity contribution in [3.63, 3.8) is 0 Å². The summed E-state index contributed by atoms with van der Waals surface area (Å²) in [5.41, 5.74) is 1.06. The number of likely N-dealkylation sites (tertiary alicyclic amines) is 1. The average molecular weight is 377 g/mol. The lowest BCUT2D eigenvalue weighted by molar-refractivity contribution is -0.160. The van der Waals surface area contributed by atoms with Gasteiger partial charge in [0.05, 0.1) is 17.0 Å². The van der Waals surface area contributed by atoms with Crippen molar-refractivity contribution < 1.29 is 9.59 Å². The number of hydrogen-bond acceptors (Lipinski definition) is 3. The third-order valence-corrected chi connectivity index (χ3v) is 7.59. The topological polar surface area (TPSA) is 73.2 Å². The standard InChI is InChI=1S/C23H27N3O2/c24-14-15-3-5-19(6-4-15)25-21(27)20-2-1-7-26(20)22(28)23-11-16-8-17(12-23)10-18(9-16)13-23/h3-6,16-18,20H,1-2,7-13H2,(H,25,27). The van der Waals surface area contributed by atoms with Gasteiger partial charge in [0, 0.05) is 12.2 Å². The Morgan fingerprint density at radius 2 is 1.64 bits per heavy atom.